The van der Waals surface area contributed by atoms with Crippen molar-refractivity contribution in [1.82, 2.24) is 16.0 Å². The van der Waals surface area contributed by atoms with Gasteiger partial charge in [0.15, 0.2) is 0 Å². The number of benzene rings is 1. The van der Waals surface area contributed by atoms with Crippen molar-refractivity contribution in [2.24, 2.45) is 0 Å². The summed E-state index contributed by atoms with van der Waals surface area (Å²) in [4.78, 5) is 36.0. The summed E-state index contributed by atoms with van der Waals surface area (Å²) in [7, 11) is 0. The van der Waals surface area contributed by atoms with Gasteiger partial charge < -0.3 is 16.0 Å². The normalized spacial score (nSPS) is 20.6. The highest BCUT2D eigenvalue weighted by atomic mass is 16.2. The number of carbonyl (C=O) groups is 3. The van der Waals surface area contributed by atoms with Gasteiger partial charge in [0.05, 0.1) is 6.42 Å². The molecule has 1 aromatic carbocycles. The van der Waals surface area contributed by atoms with Crippen molar-refractivity contribution < 1.29 is 14.4 Å². The molecule has 1 aliphatic heterocycles. The monoisotopic (exact) mass is 317 g/mol. The third-order valence-corrected chi connectivity index (χ3v) is 3.79. The van der Waals surface area contributed by atoms with Gasteiger partial charge in [-0.05, 0) is 12.0 Å². The van der Waals surface area contributed by atoms with Crippen LogP contribution in [0.2, 0.25) is 0 Å². The zero-order chi connectivity index (χ0) is 16.7. The van der Waals surface area contributed by atoms with Crippen LogP contribution in [0.5, 0.6) is 0 Å². The Hall–Kier alpha value is -2.37. The Kier molecular flexibility index (Phi) is 6.14. The van der Waals surface area contributed by atoms with Crippen LogP contribution in [0.3, 0.4) is 0 Å². The zero-order valence-electron chi connectivity index (χ0n) is 13.3. The molecule has 0 aromatic heterocycles. The predicted octanol–water partition coefficient (Wildman–Crippen LogP) is 0.519. The standard InChI is InChI=1S/C17H23N3O3/c1-2-3-9-18-15(21)11-14-17(23)19-13(16(22)20-14)10-12-7-5-4-6-8-12/h4-8,13-14H,2-3,9-11H2,1H3,(H,18,21)(H,19,23)(H,20,22)/t13-,14-/m0/s1. The maximum absolute atomic E-state index is 12.1. The first-order chi connectivity index (χ1) is 11.1. The van der Waals surface area contributed by atoms with Crippen LogP contribution in [-0.4, -0.2) is 36.3 Å². The molecule has 1 saturated heterocycles. The Morgan fingerprint density at radius 3 is 2.43 bits per heavy atom. The molecule has 23 heavy (non-hydrogen) atoms. The highest BCUT2D eigenvalue weighted by molar-refractivity contribution is 5.99. The van der Waals surface area contributed by atoms with Gasteiger partial charge in [0.2, 0.25) is 17.7 Å². The predicted molar refractivity (Wildman–Crippen MR) is 86.5 cm³/mol. The smallest absolute Gasteiger partial charge is 0.243 e. The Bertz CT molecular complexity index is 559. The maximum Gasteiger partial charge on any atom is 0.243 e. The molecule has 0 aliphatic carbocycles. The van der Waals surface area contributed by atoms with Crippen molar-refractivity contribution in [1.29, 1.82) is 0 Å². The largest absolute Gasteiger partial charge is 0.356 e. The van der Waals surface area contributed by atoms with Crippen LogP contribution >= 0.6 is 0 Å². The van der Waals surface area contributed by atoms with Crippen LogP contribution in [0.15, 0.2) is 30.3 Å². The van der Waals surface area contributed by atoms with E-state index in [4.69, 9.17) is 0 Å². The molecule has 2 atom stereocenters. The SMILES string of the molecule is CCCCNC(=O)C[C@@H]1NC(=O)[C@H](Cc2ccccc2)NC1=O. The summed E-state index contributed by atoms with van der Waals surface area (Å²) < 4.78 is 0. The van der Waals surface area contributed by atoms with Gasteiger partial charge in [-0.25, -0.2) is 0 Å². The molecule has 0 unspecified atom stereocenters. The molecule has 1 aromatic rings. The van der Waals surface area contributed by atoms with Crippen molar-refractivity contribution in [2.45, 2.75) is 44.7 Å². The van der Waals surface area contributed by atoms with E-state index < -0.39 is 12.1 Å². The van der Waals surface area contributed by atoms with Crippen LogP contribution in [-0.2, 0) is 20.8 Å². The second kappa shape index (κ2) is 8.31. The molecule has 1 heterocycles. The molecular weight excluding hydrogens is 294 g/mol. The number of hydrogen-bond acceptors (Lipinski definition) is 3. The lowest BCUT2D eigenvalue weighted by Crippen LogP contribution is -2.63. The number of carbonyl (C=O) groups excluding carboxylic acids is 3. The molecule has 2 rings (SSSR count). The summed E-state index contributed by atoms with van der Waals surface area (Å²) in [6.07, 6.45) is 2.30. The van der Waals surface area contributed by atoms with E-state index in [2.05, 4.69) is 16.0 Å². The first kappa shape index (κ1) is 17.0. The van der Waals surface area contributed by atoms with Crippen molar-refractivity contribution in [2.75, 3.05) is 6.54 Å². The van der Waals surface area contributed by atoms with Crippen LogP contribution in [0.25, 0.3) is 0 Å². The zero-order valence-corrected chi connectivity index (χ0v) is 13.3. The minimum absolute atomic E-state index is 0.0284. The average Bonchev–Trinajstić information content (AvgIpc) is 2.53. The van der Waals surface area contributed by atoms with Gasteiger partial charge in [-0.2, -0.15) is 0 Å². The minimum atomic E-state index is -0.795. The molecule has 0 spiro atoms. The third kappa shape index (κ3) is 5.09. The quantitative estimate of drug-likeness (QED) is 0.641. The summed E-state index contributed by atoms with van der Waals surface area (Å²) >= 11 is 0. The Labute approximate surface area is 136 Å². The van der Waals surface area contributed by atoms with Gasteiger partial charge in [0, 0.05) is 13.0 Å². The summed E-state index contributed by atoms with van der Waals surface area (Å²) in [5.74, 6) is -0.781. The molecule has 0 radical (unpaired) electrons. The van der Waals surface area contributed by atoms with E-state index in [0.29, 0.717) is 13.0 Å². The summed E-state index contributed by atoms with van der Waals surface area (Å²) in [5, 5.41) is 8.10. The summed E-state index contributed by atoms with van der Waals surface area (Å²) in [6, 6.07) is 8.11. The van der Waals surface area contributed by atoms with Gasteiger partial charge in [0.1, 0.15) is 12.1 Å². The number of hydrogen-bond donors (Lipinski definition) is 3. The van der Waals surface area contributed by atoms with Gasteiger partial charge in [0.25, 0.3) is 0 Å². The fourth-order valence-electron chi connectivity index (χ4n) is 2.48. The highest BCUT2D eigenvalue weighted by Crippen LogP contribution is 2.08. The number of unbranched alkanes of at least 4 members (excludes halogenated alkanes) is 1. The molecule has 124 valence electrons. The minimum Gasteiger partial charge on any atom is -0.356 e. The van der Waals surface area contributed by atoms with Crippen molar-refractivity contribution in [3.05, 3.63) is 35.9 Å². The van der Waals surface area contributed by atoms with E-state index in [-0.39, 0.29) is 24.1 Å². The van der Waals surface area contributed by atoms with E-state index in [0.717, 1.165) is 18.4 Å². The van der Waals surface area contributed by atoms with Gasteiger partial charge in [-0.3, -0.25) is 14.4 Å². The fraction of sp³-hybridized carbons (Fsp3) is 0.471. The number of nitrogens with one attached hydrogen (secondary N) is 3. The fourth-order valence-corrected chi connectivity index (χ4v) is 2.48. The highest BCUT2D eigenvalue weighted by Gasteiger charge is 2.34. The van der Waals surface area contributed by atoms with E-state index in [1.165, 1.54) is 0 Å². The molecule has 3 amide bonds. The second-order valence-electron chi connectivity index (χ2n) is 5.72. The van der Waals surface area contributed by atoms with Crippen LogP contribution < -0.4 is 16.0 Å². The third-order valence-electron chi connectivity index (χ3n) is 3.79. The molecule has 6 nitrogen and oxygen atoms in total. The first-order valence-electron chi connectivity index (χ1n) is 8.01. The topological polar surface area (TPSA) is 87.3 Å². The Morgan fingerprint density at radius 2 is 1.74 bits per heavy atom. The number of rotatable bonds is 7. The molecule has 0 bridgehead atoms. The van der Waals surface area contributed by atoms with Crippen LogP contribution in [0, 0.1) is 0 Å². The lowest BCUT2D eigenvalue weighted by Gasteiger charge is -2.29. The van der Waals surface area contributed by atoms with Crippen LogP contribution in [0.1, 0.15) is 31.7 Å². The van der Waals surface area contributed by atoms with Crippen molar-refractivity contribution in [3.63, 3.8) is 0 Å². The Morgan fingerprint density at radius 1 is 1.09 bits per heavy atom. The maximum atomic E-state index is 12.1. The van der Waals surface area contributed by atoms with Gasteiger partial charge in [-0.1, -0.05) is 43.7 Å². The summed E-state index contributed by atoms with van der Waals surface area (Å²) in [5.41, 5.74) is 0.976. The van der Waals surface area contributed by atoms with E-state index in [1.54, 1.807) is 0 Å². The van der Waals surface area contributed by atoms with E-state index in [1.807, 2.05) is 37.3 Å². The average molecular weight is 317 g/mol. The second-order valence-corrected chi connectivity index (χ2v) is 5.72. The first-order valence-corrected chi connectivity index (χ1v) is 8.01. The van der Waals surface area contributed by atoms with Crippen molar-refractivity contribution in [3.8, 4) is 0 Å². The van der Waals surface area contributed by atoms with Crippen molar-refractivity contribution >= 4 is 17.7 Å². The number of piperazine rings is 1. The molecule has 1 fully saturated rings. The molecule has 0 saturated carbocycles. The van der Waals surface area contributed by atoms with Gasteiger partial charge in [-0.15, -0.1) is 0 Å². The number of amides is 3. The van der Waals surface area contributed by atoms with Crippen LogP contribution in [0.4, 0.5) is 0 Å². The van der Waals surface area contributed by atoms with Gasteiger partial charge >= 0.3 is 0 Å². The lowest BCUT2D eigenvalue weighted by atomic mass is 10.0. The van der Waals surface area contributed by atoms with E-state index >= 15 is 0 Å². The summed E-state index contributed by atoms with van der Waals surface area (Å²) in [6.45, 7) is 2.63. The molecule has 3 N–H and O–H groups in total. The Balaban J connectivity index is 1.85. The lowest BCUT2D eigenvalue weighted by molar-refractivity contribution is -0.138. The molecule has 1 aliphatic rings. The van der Waals surface area contributed by atoms with E-state index in [9.17, 15) is 14.4 Å². The molecule has 6 heteroatoms. The molecular formula is C17H23N3O3.